The van der Waals surface area contributed by atoms with E-state index in [1.54, 1.807) is 0 Å². The van der Waals surface area contributed by atoms with E-state index in [4.69, 9.17) is 4.74 Å². The largest absolute Gasteiger partial charge is 0.444 e. The molecule has 5 heteroatoms. The molecule has 2 N–H and O–H groups in total. The Morgan fingerprint density at radius 2 is 2.06 bits per heavy atom. The van der Waals surface area contributed by atoms with Gasteiger partial charge in [0.25, 0.3) is 0 Å². The monoisotopic (exact) mass is 222 g/mol. The van der Waals surface area contributed by atoms with Gasteiger partial charge in [0.1, 0.15) is 12.9 Å². The van der Waals surface area contributed by atoms with Crippen LogP contribution in [-0.2, 0) is 16.1 Å². The zero-order chi connectivity index (χ0) is 11.6. The van der Waals surface area contributed by atoms with Crippen LogP contribution < -0.4 is 10.9 Å². The van der Waals surface area contributed by atoms with Crippen molar-refractivity contribution in [2.45, 2.75) is 13.0 Å². The molecule has 1 aromatic carbocycles. The summed E-state index contributed by atoms with van der Waals surface area (Å²) in [7, 11) is 0. The summed E-state index contributed by atoms with van der Waals surface area (Å²) in [5, 5.41) is 0. The minimum absolute atomic E-state index is 0.224. The van der Waals surface area contributed by atoms with Crippen LogP contribution in [0.2, 0.25) is 0 Å². The molecule has 0 bridgehead atoms. The van der Waals surface area contributed by atoms with Crippen LogP contribution in [0.5, 0.6) is 0 Å². The molecule has 0 unspecified atom stereocenters. The summed E-state index contributed by atoms with van der Waals surface area (Å²) in [4.78, 5) is 21.1. The van der Waals surface area contributed by atoms with Crippen molar-refractivity contribution >= 4 is 12.4 Å². The van der Waals surface area contributed by atoms with Crippen molar-refractivity contribution in [2.75, 3.05) is 6.54 Å². The second-order valence-electron chi connectivity index (χ2n) is 3.07. The third-order valence-corrected chi connectivity index (χ3v) is 1.79. The van der Waals surface area contributed by atoms with Gasteiger partial charge in [-0.3, -0.25) is 5.43 Å². The number of benzene rings is 1. The van der Waals surface area contributed by atoms with Crippen molar-refractivity contribution in [1.82, 2.24) is 10.9 Å². The van der Waals surface area contributed by atoms with E-state index in [-0.39, 0.29) is 6.61 Å². The van der Waals surface area contributed by atoms with E-state index in [2.05, 4.69) is 10.9 Å². The van der Waals surface area contributed by atoms with Gasteiger partial charge in [0, 0.05) is 13.0 Å². The average molecular weight is 222 g/mol. The molecule has 0 aliphatic rings. The summed E-state index contributed by atoms with van der Waals surface area (Å²) < 4.78 is 4.91. The molecule has 0 heterocycles. The second-order valence-corrected chi connectivity index (χ2v) is 3.07. The average Bonchev–Trinajstić information content (AvgIpc) is 2.33. The summed E-state index contributed by atoms with van der Waals surface area (Å²) in [5.74, 6) is 0. The summed E-state index contributed by atoms with van der Waals surface area (Å²) >= 11 is 0. The van der Waals surface area contributed by atoms with Crippen LogP contribution in [0, 0.1) is 0 Å². The number of ether oxygens (including phenoxy) is 1. The standard InChI is InChI=1S/C11H14N2O3/c14-8-4-7-12-13-11(15)16-9-10-5-2-1-3-6-10/h1-3,5-6,8,12H,4,7,9H2,(H,13,15). The van der Waals surface area contributed by atoms with Crippen molar-refractivity contribution in [3.63, 3.8) is 0 Å². The molecule has 0 fully saturated rings. The summed E-state index contributed by atoms with van der Waals surface area (Å²) in [5.41, 5.74) is 5.81. The van der Waals surface area contributed by atoms with Gasteiger partial charge >= 0.3 is 6.09 Å². The van der Waals surface area contributed by atoms with Crippen LogP contribution in [-0.4, -0.2) is 18.9 Å². The molecular weight excluding hydrogens is 208 g/mol. The van der Waals surface area contributed by atoms with Crippen molar-refractivity contribution < 1.29 is 14.3 Å². The Bertz CT molecular complexity index is 327. The van der Waals surface area contributed by atoms with Crippen molar-refractivity contribution in [2.24, 2.45) is 0 Å². The van der Waals surface area contributed by atoms with Gasteiger partial charge in [-0.15, -0.1) is 0 Å². The molecule has 5 nitrogen and oxygen atoms in total. The first-order valence-electron chi connectivity index (χ1n) is 4.96. The molecule has 0 radical (unpaired) electrons. The minimum Gasteiger partial charge on any atom is -0.444 e. The molecule has 1 aromatic rings. The lowest BCUT2D eigenvalue weighted by Crippen LogP contribution is -2.38. The molecule has 0 aromatic heterocycles. The van der Waals surface area contributed by atoms with Gasteiger partial charge in [0.05, 0.1) is 0 Å². The van der Waals surface area contributed by atoms with E-state index in [1.165, 1.54) is 0 Å². The number of carbonyl (C=O) groups excluding carboxylic acids is 2. The molecule has 1 rings (SSSR count). The molecule has 0 saturated heterocycles. The number of carbonyl (C=O) groups is 2. The van der Waals surface area contributed by atoms with Gasteiger partial charge in [0.15, 0.2) is 0 Å². The highest BCUT2D eigenvalue weighted by Gasteiger charge is 2.00. The first-order chi connectivity index (χ1) is 7.83. The molecule has 0 aliphatic carbocycles. The Hall–Kier alpha value is -1.88. The fourth-order valence-electron chi connectivity index (χ4n) is 1.02. The molecule has 16 heavy (non-hydrogen) atoms. The van der Waals surface area contributed by atoms with Gasteiger partial charge in [-0.05, 0) is 5.56 Å². The second kappa shape index (κ2) is 7.42. The van der Waals surface area contributed by atoms with Crippen molar-refractivity contribution in [1.29, 1.82) is 0 Å². The molecule has 86 valence electrons. The normalized spacial score (nSPS) is 9.50. The Labute approximate surface area is 93.8 Å². The number of hydrogen-bond donors (Lipinski definition) is 2. The van der Waals surface area contributed by atoms with Crippen LogP contribution in [0.1, 0.15) is 12.0 Å². The number of rotatable bonds is 6. The number of aldehydes is 1. The lowest BCUT2D eigenvalue weighted by atomic mass is 10.2. The van der Waals surface area contributed by atoms with Crippen molar-refractivity contribution in [3.8, 4) is 0 Å². The maximum Gasteiger partial charge on any atom is 0.421 e. The van der Waals surface area contributed by atoms with Crippen LogP contribution in [0.3, 0.4) is 0 Å². The van der Waals surface area contributed by atoms with E-state index < -0.39 is 6.09 Å². The van der Waals surface area contributed by atoms with E-state index in [0.717, 1.165) is 11.8 Å². The van der Waals surface area contributed by atoms with Crippen LogP contribution in [0.15, 0.2) is 30.3 Å². The van der Waals surface area contributed by atoms with Gasteiger partial charge < -0.3 is 9.53 Å². The Kier molecular flexibility index (Phi) is 5.65. The highest BCUT2D eigenvalue weighted by Crippen LogP contribution is 1.99. The molecule has 0 atom stereocenters. The van der Waals surface area contributed by atoms with Gasteiger partial charge in [-0.25, -0.2) is 10.2 Å². The predicted octanol–water partition coefficient (Wildman–Crippen LogP) is 1.01. The summed E-state index contributed by atoms with van der Waals surface area (Å²) in [6, 6.07) is 9.38. The van der Waals surface area contributed by atoms with E-state index in [1.807, 2.05) is 30.3 Å². The fourth-order valence-corrected chi connectivity index (χ4v) is 1.02. The van der Waals surface area contributed by atoms with E-state index >= 15 is 0 Å². The maximum atomic E-state index is 11.1. The quantitative estimate of drug-likeness (QED) is 0.428. The lowest BCUT2D eigenvalue weighted by molar-refractivity contribution is -0.107. The van der Waals surface area contributed by atoms with Gasteiger partial charge in [0.2, 0.25) is 0 Å². The number of hydrazine groups is 1. The molecule has 0 aliphatic heterocycles. The third kappa shape index (κ3) is 5.11. The Balaban J connectivity index is 2.13. The highest BCUT2D eigenvalue weighted by atomic mass is 16.6. The lowest BCUT2D eigenvalue weighted by Gasteiger charge is -2.07. The van der Waals surface area contributed by atoms with E-state index in [9.17, 15) is 9.59 Å². The minimum atomic E-state index is -0.560. The fraction of sp³-hybridized carbons (Fsp3) is 0.273. The zero-order valence-corrected chi connectivity index (χ0v) is 8.81. The number of hydrogen-bond acceptors (Lipinski definition) is 4. The van der Waals surface area contributed by atoms with Gasteiger partial charge in [-0.2, -0.15) is 0 Å². The van der Waals surface area contributed by atoms with E-state index in [0.29, 0.717) is 13.0 Å². The Morgan fingerprint density at radius 3 is 2.75 bits per heavy atom. The summed E-state index contributed by atoms with van der Waals surface area (Å²) in [6.45, 7) is 0.617. The smallest absolute Gasteiger partial charge is 0.421 e. The third-order valence-electron chi connectivity index (χ3n) is 1.79. The molecule has 0 saturated carbocycles. The number of nitrogens with one attached hydrogen (secondary N) is 2. The van der Waals surface area contributed by atoms with Crippen molar-refractivity contribution in [3.05, 3.63) is 35.9 Å². The first-order valence-corrected chi connectivity index (χ1v) is 4.96. The molecule has 0 spiro atoms. The zero-order valence-electron chi connectivity index (χ0n) is 8.81. The topological polar surface area (TPSA) is 67.4 Å². The highest BCUT2D eigenvalue weighted by molar-refractivity contribution is 5.66. The summed E-state index contributed by atoms with van der Waals surface area (Å²) in [6.07, 6.45) is 0.554. The molecule has 1 amide bonds. The van der Waals surface area contributed by atoms with Crippen LogP contribution in [0.4, 0.5) is 4.79 Å². The predicted molar refractivity (Wildman–Crippen MR) is 58.4 cm³/mol. The molecular formula is C11H14N2O3. The maximum absolute atomic E-state index is 11.1. The number of amides is 1. The Morgan fingerprint density at radius 1 is 1.31 bits per heavy atom. The first kappa shape index (κ1) is 12.2. The van der Waals surface area contributed by atoms with Crippen LogP contribution >= 0.6 is 0 Å². The van der Waals surface area contributed by atoms with Crippen LogP contribution in [0.25, 0.3) is 0 Å². The SMILES string of the molecule is O=CCCNNC(=O)OCc1ccccc1. The van der Waals surface area contributed by atoms with Gasteiger partial charge in [-0.1, -0.05) is 30.3 Å².